The van der Waals surface area contributed by atoms with Crippen LogP contribution >= 0.6 is 15.9 Å². The molecule has 1 fully saturated rings. The van der Waals surface area contributed by atoms with Crippen LogP contribution in [0.5, 0.6) is 0 Å². The molecule has 7 heteroatoms. The monoisotopic (exact) mass is 521 g/mol. The molecule has 2 aliphatic rings. The number of halogens is 1. The molecule has 0 spiro atoms. The fraction of sp³-hybridized carbons (Fsp3) is 0.444. The van der Waals surface area contributed by atoms with E-state index in [1.807, 2.05) is 45.9 Å². The molecule has 5 rings (SSSR count). The van der Waals surface area contributed by atoms with Gasteiger partial charge in [-0.3, -0.25) is 9.69 Å². The summed E-state index contributed by atoms with van der Waals surface area (Å²) in [5.41, 5.74) is 5.52. The number of aromatic nitrogens is 1. The largest absolute Gasteiger partial charge is 0.460 e. The Morgan fingerprint density at radius 3 is 2.85 bits per heavy atom. The van der Waals surface area contributed by atoms with Gasteiger partial charge >= 0.3 is 5.97 Å². The lowest BCUT2D eigenvalue weighted by Crippen LogP contribution is -2.31. The number of carbonyl (C=O) groups excluding carboxylic acids is 1. The Bertz CT molecular complexity index is 1330. The normalized spacial score (nSPS) is 20.5. The maximum atomic E-state index is 12.6. The Kier molecular flexibility index (Phi) is 5.78. The van der Waals surface area contributed by atoms with Crippen molar-refractivity contribution in [1.29, 1.82) is 5.26 Å². The predicted molar refractivity (Wildman–Crippen MR) is 133 cm³/mol. The number of rotatable bonds is 3. The van der Waals surface area contributed by atoms with Gasteiger partial charge in [0.1, 0.15) is 22.8 Å². The van der Waals surface area contributed by atoms with Gasteiger partial charge in [-0.25, -0.2) is 4.98 Å². The smallest absolute Gasteiger partial charge is 0.310 e. The summed E-state index contributed by atoms with van der Waals surface area (Å²) in [4.78, 5) is 19.8. The zero-order valence-corrected chi connectivity index (χ0v) is 21.5. The quantitative estimate of drug-likeness (QED) is 0.388. The van der Waals surface area contributed by atoms with Gasteiger partial charge in [-0.05, 0) is 88.4 Å². The van der Waals surface area contributed by atoms with E-state index in [9.17, 15) is 10.1 Å². The SMILES string of the molecule is Cc1c(Br)cccc1-c1nc2cc3c(c(C#N)c2o1)CCC3N1CC[C@@H](C(=O)OC(C)(C)C)C1. The van der Waals surface area contributed by atoms with Crippen molar-refractivity contribution in [3.05, 3.63) is 51.0 Å². The zero-order valence-electron chi connectivity index (χ0n) is 19.9. The van der Waals surface area contributed by atoms with Gasteiger partial charge < -0.3 is 9.15 Å². The fourth-order valence-corrected chi connectivity index (χ4v) is 5.59. The van der Waals surface area contributed by atoms with Gasteiger partial charge in [-0.2, -0.15) is 5.26 Å². The van der Waals surface area contributed by atoms with Gasteiger partial charge in [-0.15, -0.1) is 0 Å². The summed E-state index contributed by atoms with van der Waals surface area (Å²) in [6, 6.07) is 10.6. The molecule has 1 aromatic heterocycles. The molecule has 0 N–H and O–H groups in total. The second kappa shape index (κ2) is 8.51. The number of esters is 1. The number of hydrogen-bond acceptors (Lipinski definition) is 6. The van der Waals surface area contributed by atoms with Crippen LogP contribution < -0.4 is 0 Å². The van der Waals surface area contributed by atoms with Gasteiger partial charge in [-0.1, -0.05) is 22.0 Å². The van der Waals surface area contributed by atoms with Gasteiger partial charge in [0, 0.05) is 22.6 Å². The van der Waals surface area contributed by atoms with Crippen molar-refractivity contribution in [2.45, 2.75) is 58.6 Å². The highest BCUT2D eigenvalue weighted by molar-refractivity contribution is 9.10. The second-order valence-corrected chi connectivity index (χ2v) is 11.1. The van der Waals surface area contributed by atoms with Gasteiger partial charge in [0.15, 0.2) is 5.58 Å². The molecule has 2 aromatic carbocycles. The van der Waals surface area contributed by atoms with Crippen LogP contribution in [0.3, 0.4) is 0 Å². The number of oxazole rings is 1. The van der Waals surface area contributed by atoms with E-state index in [2.05, 4.69) is 33.0 Å². The highest BCUT2D eigenvalue weighted by Gasteiger charge is 2.39. The summed E-state index contributed by atoms with van der Waals surface area (Å²) >= 11 is 3.58. The van der Waals surface area contributed by atoms with E-state index in [1.165, 1.54) is 0 Å². The van der Waals surface area contributed by atoms with Crippen LogP contribution in [0.25, 0.3) is 22.6 Å². The number of nitriles is 1. The number of ether oxygens (including phenoxy) is 1. The van der Waals surface area contributed by atoms with E-state index in [1.54, 1.807) is 0 Å². The predicted octanol–water partition coefficient (Wildman–Crippen LogP) is 6.09. The molecule has 1 saturated heterocycles. The van der Waals surface area contributed by atoms with Crippen molar-refractivity contribution < 1.29 is 13.9 Å². The van der Waals surface area contributed by atoms with Gasteiger partial charge in [0.25, 0.3) is 0 Å². The van der Waals surface area contributed by atoms with Crippen LogP contribution in [0.2, 0.25) is 0 Å². The summed E-state index contributed by atoms with van der Waals surface area (Å²) in [6.07, 6.45) is 2.54. The summed E-state index contributed by atoms with van der Waals surface area (Å²) < 4.78 is 12.8. The van der Waals surface area contributed by atoms with Crippen LogP contribution in [0.4, 0.5) is 0 Å². The Balaban J connectivity index is 1.48. The molecule has 2 heterocycles. The first-order valence-corrected chi connectivity index (χ1v) is 12.5. The third-order valence-electron chi connectivity index (χ3n) is 6.86. The van der Waals surface area contributed by atoms with Crippen LogP contribution in [-0.4, -0.2) is 34.5 Å². The van der Waals surface area contributed by atoms with Gasteiger partial charge in [0.2, 0.25) is 5.89 Å². The van der Waals surface area contributed by atoms with Crippen molar-refractivity contribution in [1.82, 2.24) is 9.88 Å². The molecule has 1 aliphatic heterocycles. The van der Waals surface area contributed by atoms with Crippen molar-refractivity contribution in [3.63, 3.8) is 0 Å². The van der Waals surface area contributed by atoms with Gasteiger partial charge in [0.05, 0.1) is 5.92 Å². The highest BCUT2D eigenvalue weighted by atomic mass is 79.9. The average molecular weight is 522 g/mol. The van der Waals surface area contributed by atoms with Crippen molar-refractivity contribution in [3.8, 4) is 17.5 Å². The first kappa shape index (κ1) is 23.1. The number of fused-ring (bicyclic) bond motifs is 2. The molecule has 0 saturated carbocycles. The van der Waals surface area contributed by atoms with E-state index < -0.39 is 5.60 Å². The van der Waals surface area contributed by atoms with Crippen LogP contribution in [-0.2, 0) is 16.0 Å². The number of benzene rings is 2. The standard InChI is InChI=1S/C27H28BrN3O3/c1-15-17(6-5-7-21(15)28)25-30-22-12-19-18(20(13-29)24(22)33-25)8-9-23(19)31-11-10-16(14-31)26(32)34-27(2,3)4/h5-7,12,16,23H,8-11,14H2,1-4H3/t16-,23?/m1/s1. The molecule has 34 heavy (non-hydrogen) atoms. The summed E-state index contributed by atoms with van der Waals surface area (Å²) in [7, 11) is 0. The number of likely N-dealkylation sites (tertiary alicyclic amines) is 1. The molecule has 1 aliphatic carbocycles. The Labute approximate surface area is 208 Å². The molecule has 1 unspecified atom stereocenters. The molecule has 2 atom stereocenters. The molecule has 0 radical (unpaired) electrons. The number of carbonyl (C=O) groups is 1. The molecule has 3 aromatic rings. The first-order chi connectivity index (χ1) is 16.2. The van der Waals surface area contributed by atoms with E-state index in [-0.39, 0.29) is 17.9 Å². The second-order valence-electron chi connectivity index (χ2n) is 10.3. The zero-order chi connectivity index (χ0) is 24.2. The fourth-order valence-electron chi connectivity index (χ4n) is 5.23. The van der Waals surface area contributed by atoms with Crippen molar-refractivity contribution >= 4 is 33.0 Å². The minimum absolute atomic E-state index is 0.111. The van der Waals surface area contributed by atoms with Crippen LogP contribution in [0.15, 0.2) is 33.2 Å². The lowest BCUT2D eigenvalue weighted by atomic mass is 10.0. The van der Waals surface area contributed by atoms with Crippen molar-refractivity contribution in [2.75, 3.05) is 13.1 Å². The molecule has 176 valence electrons. The van der Waals surface area contributed by atoms with E-state index >= 15 is 0 Å². The Morgan fingerprint density at radius 2 is 2.12 bits per heavy atom. The van der Waals surface area contributed by atoms with E-state index in [4.69, 9.17) is 14.1 Å². The van der Waals surface area contributed by atoms with Crippen molar-refractivity contribution in [2.24, 2.45) is 5.92 Å². The Hall–Kier alpha value is -2.69. The van der Waals surface area contributed by atoms with E-state index in [0.717, 1.165) is 52.5 Å². The average Bonchev–Trinajstić information content (AvgIpc) is 3.50. The molecular formula is C27H28BrN3O3. The maximum Gasteiger partial charge on any atom is 0.310 e. The van der Waals surface area contributed by atoms with Crippen LogP contribution in [0, 0.1) is 24.2 Å². The first-order valence-electron chi connectivity index (χ1n) is 11.7. The minimum Gasteiger partial charge on any atom is -0.460 e. The third-order valence-corrected chi connectivity index (χ3v) is 7.72. The topological polar surface area (TPSA) is 79.4 Å². The number of hydrogen-bond donors (Lipinski definition) is 0. The molecule has 0 amide bonds. The summed E-state index contributed by atoms with van der Waals surface area (Å²) in [5.74, 6) is 0.296. The molecular weight excluding hydrogens is 494 g/mol. The lowest BCUT2D eigenvalue weighted by molar-refractivity contribution is -0.159. The minimum atomic E-state index is -0.477. The highest BCUT2D eigenvalue weighted by Crippen LogP contribution is 2.43. The summed E-state index contributed by atoms with van der Waals surface area (Å²) in [6.45, 7) is 9.25. The van der Waals surface area contributed by atoms with E-state index in [0.29, 0.717) is 29.1 Å². The third kappa shape index (κ3) is 4.03. The number of nitrogens with zero attached hydrogens (tertiary/aromatic N) is 3. The Morgan fingerprint density at radius 1 is 1.32 bits per heavy atom. The van der Waals surface area contributed by atoms with Crippen LogP contribution in [0.1, 0.15) is 61.9 Å². The maximum absolute atomic E-state index is 12.6. The molecule has 0 bridgehead atoms. The molecule has 6 nitrogen and oxygen atoms in total. The summed E-state index contributed by atoms with van der Waals surface area (Å²) in [5, 5.41) is 10.0. The lowest BCUT2D eigenvalue weighted by Gasteiger charge is -2.25.